The first-order valence-corrected chi connectivity index (χ1v) is 7.10. The minimum Gasteiger partial charge on any atom is -0.382 e. The second-order valence-electron chi connectivity index (χ2n) is 5.78. The molecule has 2 unspecified atom stereocenters. The van der Waals surface area contributed by atoms with E-state index in [1.165, 1.54) is 0 Å². The van der Waals surface area contributed by atoms with E-state index < -0.39 is 0 Å². The number of anilines is 1. The summed E-state index contributed by atoms with van der Waals surface area (Å²) < 4.78 is 5.76. The lowest BCUT2D eigenvalue weighted by atomic mass is 9.95. The maximum atomic E-state index is 10.7. The number of nitrogens with zero attached hydrogens (tertiary/aromatic N) is 1. The number of hydrogen-bond acceptors (Lipinski definition) is 4. The van der Waals surface area contributed by atoms with Gasteiger partial charge in [0.2, 0.25) is 0 Å². The van der Waals surface area contributed by atoms with Crippen molar-refractivity contribution in [2.45, 2.75) is 45.8 Å². The van der Waals surface area contributed by atoms with E-state index in [0.29, 0.717) is 18.1 Å². The zero-order chi connectivity index (χ0) is 14.7. The molecule has 5 heteroatoms. The molecule has 0 amide bonds. The average molecular weight is 278 g/mol. The van der Waals surface area contributed by atoms with Crippen LogP contribution in [0.1, 0.15) is 32.3 Å². The van der Waals surface area contributed by atoms with Gasteiger partial charge in [-0.2, -0.15) is 0 Å². The van der Waals surface area contributed by atoms with Crippen molar-refractivity contribution in [2.24, 2.45) is 5.92 Å². The smallest absolute Gasteiger partial charge is 0.269 e. The first kappa shape index (κ1) is 14.8. The van der Waals surface area contributed by atoms with Crippen molar-refractivity contribution >= 4 is 11.4 Å². The van der Waals surface area contributed by atoms with Gasteiger partial charge in [-0.25, -0.2) is 0 Å². The molecule has 1 aliphatic rings. The molecular weight excluding hydrogens is 256 g/mol. The molecule has 1 aliphatic heterocycles. The van der Waals surface area contributed by atoms with Crippen molar-refractivity contribution in [1.82, 2.24) is 0 Å². The highest BCUT2D eigenvalue weighted by atomic mass is 16.6. The van der Waals surface area contributed by atoms with Crippen LogP contribution >= 0.6 is 0 Å². The monoisotopic (exact) mass is 278 g/mol. The average Bonchev–Trinajstić information content (AvgIpc) is 2.41. The Morgan fingerprint density at radius 3 is 2.80 bits per heavy atom. The lowest BCUT2D eigenvalue weighted by Crippen LogP contribution is -2.36. The molecule has 5 nitrogen and oxygen atoms in total. The van der Waals surface area contributed by atoms with Crippen molar-refractivity contribution in [1.29, 1.82) is 0 Å². The Bertz CT molecular complexity index is 488. The Morgan fingerprint density at radius 1 is 1.45 bits per heavy atom. The molecule has 0 bridgehead atoms. The summed E-state index contributed by atoms with van der Waals surface area (Å²) >= 11 is 0. The number of non-ortho nitro benzene ring substituents is 1. The van der Waals surface area contributed by atoms with E-state index >= 15 is 0 Å². The third-order valence-corrected chi connectivity index (χ3v) is 3.84. The van der Waals surface area contributed by atoms with Gasteiger partial charge in [-0.3, -0.25) is 10.1 Å². The van der Waals surface area contributed by atoms with Gasteiger partial charge < -0.3 is 10.1 Å². The predicted molar refractivity (Wildman–Crippen MR) is 79.1 cm³/mol. The lowest BCUT2D eigenvalue weighted by molar-refractivity contribution is -0.384. The minimum atomic E-state index is -0.361. The molecular formula is C15H22N2O3. The lowest BCUT2D eigenvalue weighted by Gasteiger charge is -2.33. The van der Waals surface area contributed by atoms with Crippen LogP contribution in [0.2, 0.25) is 0 Å². The highest BCUT2D eigenvalue weighted by Gasteiger charge is 2.25. The molecule has 2 rings (SSSR count). The maximum Gasteiger partial charge on any atom is 0.269 e. The normalized spacial score (nSPS) is 22.8. The van der Waals surface area contributed by atoms with E-state index in [-0.39, 0.29) is 10.6 Å². The number of hydrogen-bond donors (Lipinski definition) is 1. The molecule has 0 spiro atoms. The van der Waals surface area contributed by atoms with Gasteiger partial charge in [0.1, 0.15) is 0 Å². The van der Waals surface area contributed by atoms with Crippen molar-refractivity contribution in [2.75, 3.05) is 11.9 Å². The fourth-order valence-electron chi connectivity index (χ4n) is 2.57. The maximum absolute atomic E-state index is 10.7. The summed E-state index contributed by atoms with van der Waals surface area (Å²) in [7, 11) is 0. The van der Waals surface area contributed by atoms with Gasteiger partial charge in [-0.05, 0) is 37.3 Å². The molecule has 1 N–H and O–H groups in total. The zero-order valence-electron chi connectivity index (χ0n) is 12.3. The van der Waals surface area contributed by atoms with Gasteiger partial charge in [0, 0.05) is 30.5 Å². The summed E-state index contributed by atoms with van der Waals surface area (Å²) in [5, 5.41) is 14.2. The molecule has 0 aromatic heterocycles. The fraction of sp³-hybridized carbons (Fsp3) is 0.600. The highest BCUT2D eigenvalue weighted by molar-refractivity contribution is 5.55. The standard InChI is InChI=1S/C15H22N2O3/c1-10(2)15-9-12(6-7-20-15)16-14-5-4-13(17(18)19)8-11(14)3/h4-5,8,10,12,15-16H,6-7,9H2,1-3H3. The zero-order valence-corrected chi connectivity index (χ0v) is 12.3. The highest BCUT2D eigenvalue weighted by Crippen LogP contribution is 2.26. The van der Waals surface area contributed by atoms with Crippen LogP contribution in [-0.4, -0.2) is 23.7 Å². The molecule has 1 aromatic rings. The van der Waals surface area contributed by atoms with Gasteiger partial charge in [-0.1, -0.05) is 13.8 Å². The number of nitro benzene ring substituents is 1. The van der Waals surface area contributed by atoms with Crippen LogP contribution in [0.4, 0.5) is 11.4 Å². The summed E-state index contributed by atoms with van der Waals surface area (Å²) in [5.74, 6) is 0.512. The second-order valence-corrected chi connectivity index (χ2v) is 5.78. The van der Waals surface area contributed by atoms with Crippen LogP contribution in [0.5, 0.6) is 0 Å². The van der Waals surface area contributed by atoms with E-state index in [0.717, 1.165) is 30.7 Å². The van der Waals surface area contributed by atoms with Crippen LogP contribution in [0.15, 0.2) is 18.2 Å². The summed E-state index contributed by atoms with van der Waals surface area (Å²) in [4.78, 5) is 10.4. The van der Waals surface area contributed by atoms with Gasteiger partial charge in [0.05, 0.1) is 11.0 Å². The Hall–Kier alpha value is -1.62. The minimum absolute atomic E-state index is 0.139. The van der Waals surface area contributed by atoms with Gasteiger partial charge in [0.25, 0.3) is 5.69 Å². The van der Waals surface area contributed by atoms with E-state index in [9.17, 15) is 10.1 Å². The molecule has 1 aromatic carbocycles. The van der Waals surface area contributed by atoms with E-state index in [2.05, 4.69) is 19.2 Å². The Labute approximate surface area is 119 Å². The van der Waals surface area contributed by atoms with Crippen LogP contribution < -0.4 is 5.32 Å². The van der Waals surface area contributed by atoms with Crippen molar-refractivity contribution in [3.8, 4) is 0 Å². The van der Waals surface area contributed by atoms with Crippen molar-refractivity contribution < 1.29 is 9.66 Å². The third-order valence-electron chi connectivity index (χ3n) is 3.84. The quantitative estimate of drug-likeness (QED) is 0.676. The summed E-state index contributed by atoms with van der Waals surface area (Å²) in [6.07, 6.45) is 2.24. The van der Waals surface area contributed by atoms with Crippen LogP contribution in [-0.2, 0) is 4.74 Å². The number of rotatable bonds is 4. The van der Waals surface area contributed by atoms with E-state index in [1.54, 1.807) is 18.2 Å². The molecule has 110 valence electrons. The van der Waals surface area contributed by atoms with Crippen molar-refractivity contribution in [3.63, 3.8) is 0 Å². The summed E-state index contributed by atoms with van der Waals surface area (Å²) in [5.41, 5.74) is 2.02. The molecule has 2 atom stereocenters. The number of nitrogens with one attached hydrogen (secondary N) is 1. The number of aryl methyl sites for hydroxylation is 1. The molecule has 1 fully saturated rings. The van der Waals surface area contributed by atoms with Crippen LogP contribution in [0, 0.1) is 23.0 Å². The first-order chi connectivity index (χ1) is 9.47. The van der Waals surface area contributed by atoms with Gasteiger partial charge in [-0.15, -0.1) is 0 Å². The fourth-order valence-corrected chi connectivity index (χ4v) is 2.57. The Kier molecular flexibility index (Phi) is 4.60. The van der Waals surface area contributed by atoms with Crippen LogP contribution in [0.25, 0.3) is 0 Å². The van der Waals surface area contributed by atoms with Crippen molar-refractivity contribution in [3.05, 3.63) is 33.9 Å². The molecule has 0 radical (unpaired) electrons. The van der Waals surface area contributed by atoms with Gasteiger partial charge >= 0.3 is 0 Å². The summed E-state index contributed by atoms with van der Waals surface area (Å²) in [6, 6.07) is 5.33. The SMILES string of the molecule is Cc1cc([N+](=O)[O-])ccc1NC1CCOC(C(C)C)C1. The molecule has 20 heavy (non-hydrogen) atoms. The molecule has 1 saturated heterocycles. The number of nitro groups is 1. The Morgan fingerprint density at radius 2 is 2.20 bits per heavy atom. The van der Waals surface area contributed by atoms with E-state index in [1.807, 2.05) is 6.92 Å². The molecule has 0 saturated carbocycles. The number of ether oxygens (including phenoxy) is 1. The predicted octanol–water partition coefficient (Wildman–Crippen LogP) is 3.52. The molecule has 1 heterocycles. The Balaban J connectivity index is 2.04. The summed E-state index contributed by atoms with van der Waals surface area (Å²) in [6.45, 7) is 7.01. The second kappa shape index (κ2) is 6.22. The van der Waals surface area contributed by atoms with Gasteiger partial charge in [0.15, 0.2) is 0 Å². The van der Waals surface area contributed by atoms with Crippen LogP contribution in [0.3, 0.4) is 0 Å². The number of benzene rings is 1. The third kappa shape index (κ3) is 3.48. The largest absolute Gasteiger partial charge is 0.382 e. The topological polar surface area (TPSA) is 64.4 Å². The first-order valence-electron chi connectivity index (χ1n) is 7.10. The molecule has 0 aliphatic carbocycles. The van der Waals surface area contributed by atoms with E-state index in [4.69, 9.17) is 4.74 Å².